The molecule has 2 heteroatoms. The van der Waals surface area contributed by atoms with E-state index >= 15 is 0 Å². The first-order valence-corrected chi connectivity index (χ1v) is 2.83. The van der Waals surface area contributed by atoms with E-state index in [2.05, 4.69) is 0 Å². The van der Waals surface area contributed by atoms with E-state index < -0.39 is 0 Å². The van der Waals surface area contributed by atoms with Gasteiger partial charge < -0.3 is 2.85 Å². The van der Waals surface area contributed by atoms with Crippen LogP contribution in [0.25, 0.3) is 0 Å². The Morgan fingerprint density at radius 3 is 2.12 bits per heavy atom. The van der Waals surface area contributed by atoms with Gasteiger partial charge in [-0.2, -0.15) is 0 Å². The summed E-state index contributed by atoms with van der Waals surface area (Å²) in [6.07, 6.45) is 2.46. The van der Waals surface area contributed by atoms with Crippen molar-refractivity contribution in [2.75, 3.05) is 0 Å². The second-order valence-corrected chi connectivity index (χ2v) is 1.64. The quantitative estimate of drug-likeness (QED) is 0.617. The number of ketones is 1. The number of rotatable bonds is 3. The molecule has 0 bridgehead atoms. The Kier molecular flexibility index (Phi) is 12.1. The third-order valence-electron chi connectivity index (χ3n) is 0.923. The van der Waals surface area contributed by atoms with E-state index in [4.69, 9.17) is 0 Å². The van der Waals surface area contributed by atoms with E-state index in [0.717, 1.165) is 12.8 Å². The summed E-state index contributed by atoms with van der Waals surface area (Å²) in [6.45, 7) is 3.92. The third-order valence-corrected chi connectivity index (χ3v) is 0.923. The van der Waals surface area contributed by atoms with Gasteiger partial charge in [0, 0.05) is 12.8 Å². The van der Waals surface area contributed by atoms with Crippen molar-refractivity contribution in [3.8, 4) is 0 Å². The van der Waals surface area contributed by atoms with E-state index in [1.165, 1.54) is 0 Å². The minimum Gasteiger partial charge on any atom is -1.00 e. The number of hydrogen-bond acceptors (Lipinski definition) is 1. The molecular formula is C6H14OSr. The Morgan fingerprint density at radius 2 is 2.00 bits per heavy atom. The summed E-state index contributed by atoms with van der Waals surface area (Å²) in [4.78, 5) is 10.4. The largest absolute Gasteiger partial charge is 2.00 e. The zero-order chi connectivity index (χ0) is 5.70. The van der Waals surface area contributed by atoms with Crippen LogP contribution in [0.3, 0.4) is 0 Å². The van der Waals surface area contributed by atoms with Crippen molar-refractivity contribution in [2.24, 2.45) is 0 Å². The van der Waals surface area contributed by atoms with Gasteiger partial charge in [-0.3, -0.25) is 4.79 Å². The number of carbonyl (C=O) groups excluding carboxylic acids is 1. The average molecular weight is 190 g/mol. The third kappa shape index (κ3) is 7.15. The summed E-state index contributed by atoms with van der Waals surface area (Å²) in [5.74, 6) is 0.377. The van der Waals surface area contributed by atoms with Gasteiger partial charge in [-0.1, -0.05) is 13.8 Å². The van der Waals surface area contributed by atoms with Crippen LogP contribution in [0.15, 0.2) is 0 Å². The molecule has 0 atom stereocenters. The zero-order valence-electron chi connectivity index (χ0n) is 7.74. The predicted molar refractivity (Wildman–Crippen MR) is 38.2 cm³/mol. The molecular weight excluding hydrogens is 176 g/mol. The van der Waals surface area contributed by atoms with E-state index in [9.17, 15) is 4.79 Å². The Morgan fingerprint density at radius 1 is 1.50 bits per heavy atom. The van der Waals surface area contributed by atoms with Gasteiger partial charge in [-0.25, -0.2) is 0 Å². The Balaban J connectivity index is -0.0000000600. The summed E-state index contributed by atoms with van der Waals surface area (Å²) >= 11 is 0. The number of hydrogen-bond donors (Lipinski definition) is 0. The van der Waals surface area contributed by atoms with Crippen LogP contribution < -0.4 is 0 Å². The second-order valence-electron chi connectivity index (χ2n) is 1.64. The van der Waals surface area contributed by atoms with Gasteiger partial charge >= 0.3 is 45.5 Å². The zero-order valence-corrected chi connectivity index (χ0v) is 9.21. The molecule has 0 spiro atoms. The van der Waals surface area contributed by atoms with Crippen molar-refractivity contribution >= 4 is 51.3 Å². The molecule has 0 aliphatic rings. The van der Waals surface area contributed by atoms with Gasteiger partial charge in [0.25, 0.3) is 0 Å². The fraction of sp³-hybridized carbons (Fsp3) is 0.833. The molecule has 0 radical (unpaired) electrons. The molecule has 0 aliphatic heterocycles. The van der Waals surface area contributed by atoms with E-state index in [1.807, 2.05) is 13.8 Å². The summed E-state index contributed by atoms with van der Waals surface area (Å²) < 4.78 is 0. The minimum atomic E-state index is 0. The van der Waals surface area contributed by atoms with E-state index in [0.29, 0.717) is 12.2 Å². The summed E-state index contributed by atoms with van der Waals surface area (Å²) in [5, 5.41) is 0. The van der Waals surface area contributed by atoms with Crippen LogP contribution in [-0.4, -0.2) is 51.3 Å². The fourth-order valence-electron chi connectivity index (χ4n) is 0.456. The van der Waals surface area contributed by atoms with Crippen LogP contribution in [-0.2, 0) is 4.79 Å². The van der Waals surface area contributed by atoms with Crippen molar-refractivity contribution in [2.45, 2.75) is 33.1 Å². The molecule has 0 aromatic heterocycles. The first-order valence-electron chi connectivity index (χ1n) is 2.83. The summed E-state index contributed by atoms with van der Waals surface area (Å²) in [5.41, 5.74) is 0. The number of carbonyl (C=O) groups is 1. The molecule has 0 saturated heterocycles. The van der Waals surface area contributed by atoms with Crippen molar-refractivity contribution in [3.05, 3.63) is 0 Å². The monoisotopic (exact) mass is 190 g/mol. The standard InChI is InChI=1S/C6H12O.Sr.2H/c1-3-5-6(7)4-2;;;/h3-5H2,1-2H3;;;/q;+2;2*-1. The second kappa shape index (κ2) is 8.15. The summed E-state index contributed by atoms with van der Waals surface area (Å²) in [7, 11) is 0. The topological polar surface area (TPSA) is 17.1 Å². The van der Waals surface area contributed by atoms with Gasteiger partial charge in [0.15, 0.2) is 0 Å². The van der Waals surface area contributed by atoms with Crippen LogP contribution in [0.2, 0.25) is 0 Å². The smallest absolute Gasteiger partial charge is 1.00 e. The molecule has 0 rings (SSSR count). The van der Waals surface area contributed by atoms with Gasteiger partial charge in [0.2, 0.25) is 0 Å². The molecule has 8 heavy (non-hydrogen) atoms. The van der Waals surface area contributed by atoms with E-state index in [-0.39, 0.29) is 48.3 Å². The average Bonchev–Trinajstić information content (AvgIpc) is 1.68. The minimum absolute atomic E-state index is 0. The Labute approximate surface area is 91.1 Å². The number of Topliss-reactive ketones (excluding diaryl/α,β-unsaturated/α-hetero) is 1. The Hall–Kier alpha value is 1.15. The molecule has 46 valence electrons. The molecule has 0 unspecified atom stereocenters. The van der Waals surface area contributed by atoms with Crippen molar-refractivity contribution in [3.63, 3.8) is 0 Å². The van der Waals surface area contributed by atoms with Crippen molar-refractivity contribution < 1.29 is 7.65 Å². The SMILES string of the molecule is CCCC(=O)CC.[H-].[H-].[Sr+2]. The van der Waals surface area contributed by atoms with Crippen molar-refractivity contribution in [1.82, 2.24) is 0 Å². The maximum absolute atomic E-state index is 10.4. The van der Waals surface area contributed by atoms with Crippen LogP contribution in [0.1, 0.15) is 36.0 Å². The molecule has 0 heterocycles. The molecule has 0 saturated carbocycles. The molecule has 1 nitrogen and oxygen atoms in total. The maximum atomic E-state index is 10.4. The Bertz CT molecular complexity index is 68.8. The van der Waals surface area contributed by atoms with Gasteiger partial charge in [-0.15, -0.1) is 0 Å². The molecule has 0 aromatic carbocycles. The first-order chi connectivity index (χ1) is 3.31. The fourth-order valence-corrected chi connectivity index (χ4v) is 0.456. The van der Waals surface area contributed by atoms with Crippen molar-refractivity contribution in [1.29, 1.82) is 0 Å². The van der Waals surface area contributed by atoms with Crippen LogP contribution in [0, 0.1) is 0 Å². The molecule has 0 amide bonds. The molecule has 0 N–H and O–H groups in total. The van der Waals surface area contributed by atoms with Gasteiger partial charge in [0.05, 0.1) is 0 Å². The van der Waals surface area contributed by atoms with Gasteiger partial charge in [0.1, 0.15) is 5.78 Å². The molecule has 0 aliphatic carbocycles. The molecule has 0 aromatic rings. The first kappa shape index (κ1) is 11.9. The van der Waals surface area contributed by atoms with Crippen LogP contribution in [0.5, 0.6) is 0 Å². The van der Waals surface area contributed by atoms with Gasteiger partial charge in [-0.05, 0) is 6.42 Å². The molecule has 0 fully saturated rings. The maximum Gasteiger partial charge on any atom is 2.00 e. The van der Waals surface area contributed by atoms with E-state index in [1.54, 1.807) is 0 Å². The van der Waals surface area contributed by atoms with Crippen LogP contribution in [0.4, 0.5) is 0 Å². The summed E-state index contributed by atoms with van der Waals surface area (Å²) in [6, 6.07) is 0. The predicted octanol–water partition coefficient (Wildman–Crippen LogP) is 1.61. The normalized spacial score (nSPS) is 7.75. The van der Waals surface area contributed by atoms with Crippen LogP contribution >= 0.6 is 0 Å².